The van der Waals surface area contributed by atoms with Crippen molar-refractivity contribution in [1.82, 2.24) is 9.55 Å². The molecule has 0 saturated carbocycles. The van der Waals surface area contributed by atoms with Gasteiger partial charge in [-0.25, -0.2) is 23.3 Å². The van der Waals surface area contributed by atoms with Crippen LogP contribution in [0, 0.1) is 6.92 Å². The van der Waals surface area contributed by atoms with Crippen molar-refractivity contribution in [3.63, 3.8) is 0 Å². The van der Waals surface area contributed by atoms with E-state index in [1.54, 1.807) is 6.92 Å². The van der Waals surface area contributed by atoms with Crippen LogP contribution in [0.4, 0.5) is 0 Å². The minimum absolute atomic E-state index is 0.0398. The molecule has 0 amide bonds. The van der Waals surface area contributed by atoms with E-state index in [0.717, 1.165) is 4.57 Å². The van der Waals surface area contributed by atoms with Gasteiger partial charge in [0.2, 0.25) is 0 Å². The van der Waals surface area contributed by atoms with Crippen LogP contribution >= 0.6 is 23.5 Å². The number of nitrogens with two attached hydrogens (primary N) is 1. The SMILES string of the molecule is COc1ccc(C(=O)O[C@@H]2C[C@H](n3cc(C)c(=O)[nH]c3=O)OC2COP(=O)(O)OP(=O)(O)OP(=O)(O)O)c(C(C)N)c1. The highest BCUT2D eigenvalue weighted by Gasteiger charge is 2.44. The van der Waals surface area contributed by atoms with Gasteiger partial charge in [-0.1, -0.05) is 0 Å². The third-order valence-electron chi connectivity index (χ3n) is 5.68. The minimum Gasteiger partial charge on any atom is -0.497 e. The summed E-state index contributed by atoms with van der Waals surface area (Å²) in [6.07, 6.45) is -3.00. The van der Waals surface area contributed by atoms with Crippen molar-refractivity contribution in [3.05, 3.63) is 61.9 Å². The van der Waals surface area contributed by atoms with Gasteiger partial charge in [0.1, 0.15) is 24.2 Å². The Labute approximate surface area is 236 Å². The highest BCUT2D eigenvalue weighted by Crippen LogP contribution is 2.66. The molecule has 1 aromatic heterocycles. The van der Waals surface area contributed by atoms with Gasteiger partial charge in [-0.15, -0.1) is 0 Å². The number of carbonyl (C=O) groups excluding carboxylic acids is 1. The molecule has 2 heterocycles. The molecule has 7 N–H and O–H groups in total. The van der Waals surface area contributed by atoms with Crippen LogP contribution in [0.1, 0.15) is 47.1 Å². The molecule has 0 spiro atoms. The third-order valence-corrected chi connectivity index (χ3v) is 9.48. The van der Waals surface area contributed by atoms with E-state index in [4.69, 9.17) is 29.7 Å². The number of aromatic amines is 1. The zero-order valence-corrected chi connectivity index (χ0v) is 24.8. The maximum Gasteiger partial charge on any atom is 0.490 e. The lowest BCUT2D eigenvalue weighted by Gasteiger charge is -2.22. The number of hydrogen-bond donors (Lipinski definition) is 6. The van der Waals surface area contributed by atoms with Gasteiger partial charge in [-0.3, -0.25) is 18.9 Å². The monoisotopic (exact) mass is 659 g/mol. The summed E-state index contributed by atoms with van der Waals surface area (Å²) in [5.41, 5.74) is 4.96. The number of nitrogens with zero attached hydrogens (tertiary/aromatic N) is 1. The molecule has 1 fully saturated rings. The zero-order valence-electron chi connectivity index (χ0n) is 22.1. The fourth-order valence-electron chi connectivity index (χ4n) is 3.85. The van der Waals surface area contributed by atoms with Gasteiger partial charge in [0.25, 0.3) is 5.56 Å². The van der Waals surface area contributed by atoms with Crippen LogP contribution in [0.25, 0.3) is 0 Å². The second-order valence-corrected chi connectivity index (χ2v) is 13.3. The quantitative estimate of drug-likeness (QED) is 0.135. The minimum atomic E-state index is -5.80. The molecular formula is C20H28N3O16P3. The predicted octanol–water partition coefficient (Wildman–Crippen LogP) is 0.730. The lowest BCUT2D eigenvalue weighted by molar-refractivity contribution is -0.0512. The molecule has 0 radical (unpaired) electrons. The van der Waals surface area contributed by atoms with Crippen molar-refractivity contribution >= 4 is 29.4 Å². The lowest BCUT2D eigenvalue weighted by atomic mass is 10.0. The molecular weight excluding hydrogens is 631 g/mol. The second kappa shape index (κ2) is 13.0. The molecule has 234 valence electrons. The molecule has 1 aromatic carbocycles. The molecule has 2 aromatic rings. The Bertz CT molecular complexity index is 1580. The topological polar surface area (TPSA) is 285 Å². The molecule has 1 aliphatic heterocycles. The van der Waals surface area contributed by atoms with Gasteiger partial charge in [0.15, 0.2) is 0 Å². The van der Waals surface area contributed by atoms with Crippen LogP contribution in [0.5, 0.6) is 5.75 Å². The standard InChI is InChI=1S/C20H28N3O16P3/c1-10-8-23(20(26)22-18(10)24)17-7-15(37-19(25)13-5-4-12(34-3)6-14(13)11(2)21)16(36-17)9-35-41(30,31)39-42(32,33)38-40(27,28)29/h4-6,8,11,15-17H,7,9,21H2,1-3H3,(H,30,31)(H,32,33)(H,22,24,26)(H2,27,28,29)/t11?,15-,16?,17-/m1/s1. The van der Waals surface area contributed by atoms with Crippen molar-refractivity contribution in [1.29, 1.82) is 0 Å². The van der Waals surface area contributed by atoms with Crippen molar-refractivity contribution in [2.45, 2.75) is 44.7 Å². The number of benzene rings is 1. The summed E-state index contributed by atoms with van der Waals surface area (Å²) < 4.78 is 64.2. The maximum absolute atomic E-state index is 13.2. The summed E-state index contributed by atoms with van der Waals surface area (Å²) in [7, 11) is -15.6. The Morgan fingerprint density at radius 1 is 1.17 bits per heavy atom. The zero-order chi connectivity index (χ0) is 31.6. The van der Waals surface area contributed by atoms with Crippen LogP contribution in [-0.4, -0.2) is 61.0 Å². The number of esters is 1. The Balaban J connectivity index is 1.88. The van der Waals surface area contributed by atoms with Gasteiger partial charge >= 0.3 is 35.1 Å². The van der Waals surface area contributed by atoms with E-state index in [1.165, 1.54) is 38.4 Å². The summed E-state index contributed by atoms with van der Waals surface area (Å²) in [4.78, 5) is 76.1. The van der Waals surface area contributed by atoms with Crippen LogP contribution in [-0.2, 0) is 36.3 Å². The smallest absolute Gasteiger partial charge is 0.490 e. The van der Waals surface area contributed by atoms with Crippen molar-refractivity contribution in [2.75, 3.05) is 13.7 Å². The number of nitrogens with one attached hydrogen (secondary N) is 1. The number of H-pyrrole nitrogens is 1. The van der Waals surface area contributed by atoms with Gasteiger partial charge in [0.05, 0.1) is 19.3 Å². The Kier molecular flexibility index (Phi) is 10.5. The van der Waals surface area contributed by atoms with Gasteiger partial charge < -0.3 is 39.5 Å². The third kappa shape index (κ3) is 9.00. The molecule has 22 heteroatoms. The van der Waals surface area contributed by atoms with Crippen LogP contribution in [0.2, 0.25) is 0 Å². The van der Waals surface area contributed by atoms with Crippen LogP contribution in [0.3, 0.4) is 0 Å². The Morgan fingerprint density at radius 2 is 1.83 bits per heavy atom. The van der Waals surface area contributed by atoms with E-state index < -0.39 is 71.8 Å². The lowest BCUT2D eigenvalue weighted by Crippen LogP contribution is -2.33. The van der Waals surface area contributed by atoms with E-state index in [9.17, 15) is 37.9 Å². The molecule has 4 unspecified atom stereocenters. The summed E-state index contributed by atoms with van der Waals surface area (Å²) in [5.74, 6) is -0.502. The van der Waals surface area contributed by atoms with E-state index in [1.807, 2.05) is 0 Å². The van der Waals surface area contributed by atoms with Gasteiger partial charge in [0, 0.05) is 24.2 Å². The molecule has 0 aliphatic carbocycles. The number of phosphoric acid groups is 3. The van der Waals surface area contributed by atoms with Crippen molar-refractivity contribution < 1.29 is 65.4 Å². The summed E-state index contributed by atoms with van der Waals surface area (Å²) in [6, 6.07) is 3.75. The first-order valence-corrected chi connectivity index (χ1v) is 16.2. The van der Waals surface area contributed by atoms with E-state index in [2.05, 4.69) is 18.1 Å². The van der Waals surface area contributed by atoms with Crippen LogP contribution < -0.4 is 21.7 Å². The number of phosphoric ester groups is 1. The number of carbonyl (C=O) groups is 1. The summed E-state index contributed by atoms with van der Waals surface area (Å²) >= 11 is 0. The number of aryl methyl sites for hydroxylation is 1. The van der Waals surface area contributed by atoms with Crippen molar-refractivity contribution in [2.24, 2.45) is 5.73 Å². The molecule has 1 aliphatic rings. The van der Waals surface area contributed by atoms with Crippen molar-refractivity contribution in [3.8, 4) is 5.75 Å². The first kappa shape index (κ1) is 34.0. The highest BCUT2D eigenvalue weighted by molar-refractivity contribution is 7.66. The molecule has 3 rings (SSSR count). The average Bonchev–Trinajstić information content (AvgIpc) is 3.24. The molecule has 19 nitrogen and oxygen atoms in total. The molecule has 0 bridgehead atoms. The second-order valence-electron chi connectivity index (χ2n) is 8.92. The molecule has 42 heavy (non-hydrogen) atoms. The number of aromatic nitrogens is 2. The average molecular weight is 659 g/mol. The first-order chi connectivity index (χ1) is 19.3. The molecule has 6 atom stereocenters. The Hall–Kier alpha value is -2.50. The fourth-order valence-corrected chi connectivity index (χ4v) is 6.88. The fraction of sp³-hybridized carbons (Fsp3) is 0.450. The Morgan fingerprint density at radius 3 is 2.43 bits per heavy atom. The number of ether oxygens (including phenoxy) is 3. The summed E-state index contributed by atoms with van der Waals surface area (Å²) in [5, 5.41) is 0. The summed E-state index contributed by atoms with van der Waals surface area (Å²) in [6.45, 7) is 2.04. The van der Waals surface area contributed by atoms with E-state index in [-0.39, 0.29) is 17.5 Å². The first-order valence-electron chi connectivity index (χ1n) is 11.7. The number of hydrogen-bond acceptors (Lipinski definition) is 13. The van der Waals surface area contributed by atoms with Gasteiger partial charge in [-0.2, -0.15) is 8.62 Å². The highest BCUT2D eigenvalue weighted by atomic mass is 31.3. The normalized spacial score (nSPS) is 22.6. The number of methoxy groups -OCH3 is 1. The largest absolute Gasteiger partial charge is 0.497 e. The predicted molar refractivity (Wildman–Crippen MR) is 139 cm³/mol. The van der Waals surface area contributed by atoms with Crippen LogP contribution in [0.15, 0.2) is 34.0 Å². The van der Waals surface area contributed by atoms with E-state index in [0.29, 0.717) is 11.3 Å². The van der Waals surface area contributed by atoms with E-state index >= 15 is 0 Å². The van der Waals surface area contributed by atoms with Gasteiger partial charge in [-0.05, 0) is 37.6 Å². The maximum atomic E-state index is 13.2. The molecule has 1 saturated heterocycles. The number of rotatable bonds is 12.